The average Bonchev–Trinajstić information content (AvgIpc) is 3.39. The zero-order valence-electron chi connectivity index (χ0n) is 13.5. The van der Waals surface area contributed by atoms with E-state index in [1.807, 2.05) is 24.3 Å². The molecule has 1 aliphatic rings. The molecule has 0 radical (unpaired) electrons. The van der Waals surface area contributed by atoms with E-state index in [1.165, 1.54) is 11.3 Å². The van der Waals surface area contributed by atoms with E-state index < -0.39 is 0 Å². The lowest BCUT2D eigenvalue weighted by Gasteiger charge is -2.07. The van der Waals surface area contributed by atoms with Crippen molar-refractivity contribution < 1.29 is 9.21 Å². The van der Waals surface area contributed by atoms with Gasteiger partial charge in [0.2, 0.25) is 0 Å². The molecule has 0 saturated heterocycles. The van der Waals surface area contributed by atoms with Crippen molar-refractivity contribution in [3.05, 3.63) is 76.9 Å². The fraction of sp³-hybridized carbons (Fsp3) is 0.0526. The highest BCUT2D eigenvalue weighted by atomic mass is 32.1. The predicted molar refractivity (Wildman–Crippen MR) is 99.9 cm³/mol. The van der Waals surface area contributed by atoms with Gasteiger partial charge in [0.15, 0.2) is 5.01 Å². The highest BCUT2D eigenvalue weighted by Crippen LogP contribution is 2.27. The van der Waals surface area contributed by atoms with Crippen LogP contribution in [0.3, 0.4) is 0 Å². The smallest absolute Gasteiger partial charge is 0.284 e. The number of fused-ring (bicyclic) bond motifs is 2. The number of nitrogens with zero attached hydrogens (tertiary/aromatic N) is 3. The standard InChI is InChI=1S/C19H12N4O2S/c24-18(19-23-15-3-5-20-9-16(15)26-19)22-13-2-1-11-8-21-17(14(11)7-13)12-4-6-25-10-12/h1-7,9-10H,8H2,(H,22,24). The van der Waals surface area contributed by atoms with Gasteiger partial charge in [0.25, 0.3) is 5.91 Å². The molecule has 1 amide bonds. The van der Waals surface area contributed by atoms with Gasteiger partial charge < -0.3 is 9.73 Å². The molecule has 3 aromatic heterocycles. The van der Waals surface area contributed by atoms with Crippen molar-refractivity contribution in [1.82, 2.24) is 9.97 Å². The van der Waals surface area contributed by atoms with E-state index in [-0.39, 0.29) is 5.91 Å². The van der Waals surface area contributed by atoms with Crippen LogP contribution in [0.1, 0.15) is 26.5 Å². The number of amides is 1. The van der Waals surface area contributed by atoms with Crippen LogP contribution >= 0.6 is 11.3 Å². The Labute approximate surface area is 152 Å². The number of pyridine rings is 1. The summed E-state index contributed by atoms with van der Waals surface area (Å²) in [6.07, 6.45) is 6.69. The van der Waals surface area contributed by atoms with Gasteiger partial charge >= 0.3 is 0 Å². The minimum absolute atomic E-state index is 0.231. The fourth-order valence-electron chi connectivity index (χ4n) is 2.97. The molecular weight excluding hydrogens is 348 g/mol. The van der Waals surface area contributed by atoms with Crippen LogP contribution in [0.2, 0.25) is 0 Å². The molecule has 6 nitrogen and oxygen atoms in total. The second-order valence-electron chi connectivity index (χ2n) is 5.87. The van der Waals surface area contributed by atoms with E-state index in [0.717, 1.165) is 32.6 Å². The Morgan fingerprint density at radius 2 is 2.19 bits per heavy atom. The van der Waals surface area contributed by atoms with Crippen LogP contribution in [0.5, 0.6) is 0 Å². The van der Waals surface area contributed by atoms with Crippen molar-refractivity contribution in [3.8, 4) is 0 Å². The average molecular weight is 360 g/mol. The molecule has 1 aromatic carbocycles. The van der Waals surface area contributed by atoms with Crippen LogP contribution in [-0.2, 0) is 6.54 Å². The zero-order chi connectivity index (χ0) is 17.5. The Morgan fingerprint density at radius 3 is 3.04 bits per heavy atom. The van der Waals surface area contributed by atoms with Gasteiger partial charge in [0.05, 0.1) is 35.0 Å². The van der Waals surface area contributed by atoms with Crippen LogP contribution < -0.4 is 5.32 Å². The summed E-state index contributed by atoms with van der Waals surface area (Å²) in [4.78, 5) is 25.6. The second-order valence-corrected chi connectivity index (χ2v) is 6.90. The van der Waals surface area contributed by atoms with E-state index in [0.29, 0.717) is 17.2 Å². The molecule has 0 bridgehead atoms. The third-order valence-corrected chi connectivity index (χ3v) is 5.22. The molecule has 4 aromatic rings. The maximum atomic E-state index is 12.6. The molecule has 0 spiro atoms. The summed E-state index contributed by atoms with van der Waals surface area (Å²) >= 11 is 1.33. The monoisotopic (exact) mass is 360 g/mol. The van der Waals surface area contributed by atoms with Crippen molar-refractivity contribution in [2.45, 2.75) is 6.54 Å². The zero-order valence-corrected chi connectivity index (χ0v) is 14.3. The minimum Gasteiger partial charge on any atom is -0.472 e. The Morgan fingerprint density at radius 1 is 1.23 bits per heavy atom. The number of hydrogen-bond acceptors (Lipinski definition) is 6. The first-order chi connectivity index (χ1) is 12.8. The highest BCUT2D eigenvalue weighted by molar-refractivity contribution is 7.20. The van der Waals surface area contributed by atoms with Gasteiger partial charge in [-0.25, -0.2) is 4.98 Å². The highest BCUT2D eigenvalue weighted by Gasteiger charge is 2.20. The number of aromatic nitrogens is 2. The number of aliphatic imine (C=N–C) groups is 1. The summed E-state index contributed by atoms with van der Waals surface area (Å²) in [7, 11) is 0. The Kier molecular flexibility index (Phi) is 3.39. The van der Waals surface area contributed by atoms with E-state index in [1.54, 1.807) is 31.0 Å². The molecule has 0 aliphatic carbocycles. The summed E-state index contributed by atoms with van der Waals surface area (Å²) < 4.78 is 6.05. The molecule has 5 rings (SSSR count). The Hall–Kier alpha value is -3.32. The third kappa shape index (κ3) is 2.49. The van der Waals surface area contributed by atoms with Gasteiger partial charge in [-0.3, -0.25) is 14.8 Å². The SMILES string of the molecule is O=C(Nc1ccc2c(c1)C(c1ccoc1)=NC2)c1nc2ccncc2s1. The molecule has 0 fully saturated rings. The largest absolute Gasteiger partial charge is 0.472 e. The van der Waals surface area contributed by atoms with Gasteiger partial charge in [-0.2, -0.15) is 0 Å². The molecule has 0 atom stereocenters. The van der Waals surface area contributed by atoms with Crippen molar-refractivity contribution in [2.24, 2.45) is 4.99 Å². The number of hydrogen-bond donors (Lipinski definition) is 1. The summed E-state index contributed by atoms with van der Waals surface area (Å²) in [6, 6.07) is 9.50. The summed E-state index contributed by atoms with van der Waals surface area (Å²) in [5, 5.41) is 3.34. The molecular formula is C19H12N4O2S. The normalized spacial score (nSPS) is 12.8. The van der Waals surface area contributed by atoms with Crippen molar-refractivity contribution in [2.75, 3.05) is 5.32 Å². The first-order valence-corrected chi connectivity index (χ1v) is 8.82. The minimum atomic E-state index is -0.231. The van der Waals surface area contributed by atoms with Gasteiger partial charge in [-0.1, -0.05) is 6.07 Å². The van der Waals surface area contributed by atoms with Gasteiger partial charge in [-0.15, -0.1) is 11.3 Å². The lowest BCUT2D eigenvalue weighted by Crippen LogP contribution is -2.12. The first kappa shape index (κ1) is 15.0. The fourth-order valence-corrected chi connectivity index (χ4v) is 3.80. The molecule has 7 heteroatoms. The number of thiazole rings is 1. The number of carbonyl (C=O) groups excluding carboxylic acids is 1. The third-order valence-electron chi connectivity index (χ3n) is 4.21. The van der Waals surface area contributed by atoms with Gasteiger partial charge in [0.1, 0.15) is 0 Å². The molecule has 126 valence electrons. The van der Waals surface area contributed by atoms with E-state index in [9.17, 15) is 4.79 Å². The van der Waals surface area contributed by atoms with Crippen LogP contribution in [0.15, 0.2) is 64.7 Å². The van der Waals surface area contributed by atoms with Crippen molar-refractivity contribution in [3.63, 3.8) is 0 Å². The van der Waals surface area contributed by atoms with Crippen molar-refractivity contribution >= 4 is 38.9 Å². The molecule has 1 N–H and O–H groups in total. The first-order valence-electron chi connectivity index (χ1n) is 8.00. The Bertz CT molecular complexity index is 1130. The lowest BCUT2D eigenvalue weighted by molar-refractivity contribution is 0.102. The number of anilines is 1. The quantitative estimate of drug-likeness (QED) is 0.601. The van der Waals surface area contributed by atoms with E-state index >= 15 is 0 Å². The lowest BCUT2D eigenvalue weighted by atomic mass is 10.0. The Balaban J connectivity index is 1.44. The maximum absolute atomic E-state index is 12.6. The van der Waals surface area contributed by atoms with Gasteiger partial charge in [0, 0.05) is 29.2 Å². The molecule has 0 unspecified atom stereocenters. The van der Waals surface area contributed by atoms with Crippen LogP contribution in [0.4, 0.5) is 5.69 Å². The number of rotatable bonds is 3. The second kappa shape index (κ2) is 5.89. The number of carbonyl (C=O) groups is 1. The van der Waals surface area contributed by atoms with E-state index in [2.05, 4.69) is 20.3 Å². The van der Waals surface area contributed by atoms with Crippen LogP contribution in [-0.4, -0.2) is 21.6 Å². The number of nitrogens with one attached hydrogen (secondary N) is 1. The van der Waals surface area contributed by atoms with Crippen LogP contribution in [0, 0.1) is 0 Å². The summed E-state index contributed by atoms with van der Waals surface area (Å²) in [6.45, 7) is 0.634. The summed E-state index contributed by atoms with van der Waals surface area (Å²) in [5.74, 6) is -0.231. The van der Waals surface area contributed by atoms with Gasteiger partial charge in [-0.05, 0) is 29.8 Å². The molecule has 0 saturated carbocycles. The molecule has 4 heterocycles. The van der Waals surface area contributed by atoms with Crippen LogP contribution in [0.25, 0.3) is 10.2 Å². The molecule has 26 heavy (non-hydrogen) atoms. The molecule has 1 aliphatic heterocycles. The predicted octanol–water partition coefficient (Wildman–Crippen LogP) is 3.89. The number of furan rings is 1. The van der Waals surface area contributed by atoms with Crippen molar-refractivity contribution in [1.29, 1.82) is 0 Å². The number of benzene rings is 1. The summed E-state index contributed by atoms with van der Waals surface area (Å²) in [5.41, 5.74) is 5.45. The maximum Gasteiger partial charge on any atom is 0.284 e. The topological polar surface area (TPSA) is 80.4 Å². The van der Waals surface area contributed by atoms with E-state index in [4.69, 9.17) is 4.42 Å².